The predicted octanol–water partition coefficient (Wildman–Crippen LogP) is 2.87. The zero-order valence-electron chi connectivity index (χ0n) is 12.1. The van der Waals surface area contributed by atoms with Crippen molar-refractivity contribution in [2.75, 3.05) is 5.88 Å². The average Bonchev–Trinajstić information content (AvgIpc) is 2.38. The molecule has 19 heavy (non-hydrogen) atoms. The first kappa shape index (κ1) is 15.9. The fourth-order valence-corrected chi connectivity index (χ4v) is 2.27. The van der Waals surface area contributed by atoms with Gasteiger partial charge in [0.15, 0.2) is 0 Å². The molecular formula is C14H22ClN3O. The van der Waals surface area contributed by atoms with Crippen molar-refractivity contribution in [1.82, 2.24) is 15.5 Å². The summed E-state index contributed by atoms with van der Waals surface area (Å²) in [6.07, 6.45) is 2.27. The molecule has 1 unspecified atom stereocenters. The minimum absolute atomic E-state index is 0.0932. The molecule has 1 amide bonds. The number of amides is 1. The summed E-state index contributed by atoms with van der Waals surface area (Å²) in [6.45, 7) is 7.86. The molecule has 0 spiro atoms. The second kappa shape index (κ2) is 6.85. The van der Waals surface area contributed by atoms with Gasteiger partial charge in [0.25, 0.3) is 5.91 Å². The number of halogens is 1. The highest BCUT2D eigenvalue weighted by Crippen LogP contribution is 2.17. The molecule has 0 aliphatic carbocycles. The van der Waals surface area contributed by atoms with Gasteiger partial charge >= 0.3 is 0 Å². The third kappa shape index (κ3) is 4.16. The second-order valence-corrected chi connectivity index (χ2v) is 5.38. The van der Waals surface area contributed by atoms with E-state index in [4.69, 9.17) is 11.6 Å². The van der Waals surface area contributed by atoms with Crippen LogP contribution in [0.5, 0.6) is 0 Å². The largest absolute Gasteiger partial charge is 0.347 e. The van der Waals surface area contributed by atoms with E-state index in [1.165, 1.54) is 0 Å². The Morgan fingerprint density at radius 3 is 2.63 bits per heavy atom. The minimum Gasteiger partial charge on any atom is -0.347 e. The number of rotatable bonds is 6. The molecule has 1 N–H and O–H groups in total. The lowest BCUT2D eigenvalue weighted by atomic mass is 9.94. The molecule has 1 aromatic heterocycles. The maximum absolute atomic E-state index is 12.4. The predicted molar refractivity (Wildman–Crippen MR) is 77.6 cm³/mol. The van der Waals surface area contributed by atoms with Gasteiger partial charge in [0.1, 0.15) is 0 Å². The molecule has 0 saturated heterocycles. The van der Waals surface area contributed by atoms with Crippen molar-refractivity contribution in [2.24, 2.45) is 0 Å². The van der Waals surface area contributed by atoms with Crippen molar-refractivity contribution in [2.45, 2.75) is 52.5 Å². The van der Waals surface area contributed by atoms with E-state index >= 15 is 0 Å². The molecule has 0 bridgehead atoms. The molecule has 5 heteroatoms. The first-order chi connectivity index (χ1) is 8.95. The van der Waals surface area contributed by atoms with Gasteiger partial charge in [0, 0.05) is 11.4 Å². The molecule has 106 valence electrons. The van der Waals surface area contributed by atoms with Gasteiger partial charge in [-0.3, -0.25) is 4.79 Å². The van der Waals surface area contributed by atoms with Crippen molar-refractivity contribution in [3.63, 3.8) is 0 Å². The quantitative estimate of drug-likeness (QED) is 0.817. The Morgan fingerprint density at radius 1 is 1.42 bits per heavy atom. The molecule has 0 aliphatic heterocycles. The minimum atomic E-state index is -0.277. The van der Waals surface area contributed by atoms with Crippen molar-refractivity contribution in [3.05, 3.63) is 23.0 Å². The topological polar surface area (TPSA) is 54.9 Å². The van der Waals surface area contributed by atoms with Crippen LogP contribution in [0.4, 0.5) is 0 Å². The van der Waals surface area contributed by atoms with Crippen molar-refractivity contribution < 1.29 is 4.79 Å². The van der Waals surface area contributed by atoms with Gasteiger partial charge in [-0.25, -0.2) is 0 Å². The number of aryl methyl sites for hydroxylation is 2. The van der Waals surface area contributed by atoms with E-state index in [2.05, 4.69) is 15.5 Å². The maximum atomic E-state index is 12.4. The molecule has 1 aromatic rings. The number of hydrogen-bond donors (Lipinski definition) is 1. The maximum Gasteiger partial charge on any atom is 0.253 e. The first-order valence-corrected chi connectivity index (χ1v) is 7.21. The monoisotopic (exact) mass is 283 g/mol. The van der Waals surface area contributed by atoms with Gasteiger partial charge in [-0.15, -0.1) is 11.6 Å². The third-order valence-corrected chi connectivity index (χ3v) is 3.60. The van der Waals surface area contributed by atoms with Crippen LogP contribution < -0.4 is 5.32 Å². The third-order valence-electron chi connectivity index (χ3n) is 3.41. The van der Waals surface area contributed by atoms with Crippen molar-refractivity contribution in [3.8, 4) is 0 Å². The van der Waals surface area contributed by atoms with Crippen LogP contribution in [-0.2, 0) is 6.42 Å². The van der Waals surface area contributed by atoms with Gasteiger partial charge in [0.2, 0.25) is 0 Å². The summed E-state index contributed by atoms with van der Waals surface area (Å²) in [6, 6.07) is 1.79. The van der Waals surface area contributed by atoms with Crippen LogP contribution in [0.25, 0.3) is 0 Å². The van der Waals surface area contributed by atoms with E-state index < -0.39 is 0 Å². The molecular weight excluding hydrogens is 262 g/mol. The fourth-order valence-electron chi connectivity index (χ4n) is 1.85. The van der Waals surface area contributed by atoms with Crippen LogP contribution in [0, 0.1) is 6.92 Å². The lowest BCUT2D eigenvalue weighted by molar-refractivity contribution is 0.0899. The zero-order valence-corrected chi connectivity index (χ0v) is 12.8. The first-order valence-electron chi connectivity index (χ1n) is 6.67. The SMILES string of the molecule is CCc1nnc(C)cc1C(=O)NC(C)(CC)CCCl. The normalized spacial score (nSPS) is 13.9. The van der Waals surface area contributed by atoms with E-state index in [1.54, 1.807) is 6.07 Å². The summed E-state index contributed by atoms with van der Waals surface area (Å²) in [7, 11) is 0. The summed E-state index contributed by atoms with van der Waals surface area (Å²) in [5, 5.41) is 11.1. The van der Waals surface area contributed by atoms with Crippen molar-refractivity contribution >= 4 is 17.5 Å². The Kier molecular flexibility index (Phi) is 5.73. The van der Waals surface area contributed by atoms with Crippen molar-refractivity contribution in [1.29, 1.82) is 0 Å². The Balaban J connectivity index is 2.97. The number of aromatic nitrogens is 2. The molecule has 4 nitrogen and oxygen atoms in total. The standard InChI is InChI=1S/C14H22ClN3O/c1-5-12-11(9-10(3)17-18-12)13(19)16-14(4,6-2)7-8-15/h9H,5-8H2,1-4H3,(H,16,19). The van der Waals surface area contributed by atoms with Crippen LogP contribution >= 0.6 is 11.6 Å². The second-order valence-electron chi connectivity index (χ2n) is 5.01. The lowest BCUT2D eigenvalue weighted by Gasteiger charge is -2.29. The number of alkyl halides is 1. The Hall–Kier alpha value is -1.16. The molecule has 0 radical (unpaired) electrons. The van der Waals surface area contributed by atoms with Crippen LogP contribution in [0.1, 0.15) is 55.4 Å². The van der Waals surface area contributed by atoms with Gasteiger partial charge in [-0.2, -0.15) is 10.2 Å². The summed E-state index contributed by atoms with van der Waals surface area (Å²) in [5.74, 6) is 0.433. The van der Waals surface area contributed by atoms with Crippen LogP contribution in [-0.4, -0.2) is 27.5 Å². The van der Waals surface area contributed by atoms with E-state index in [1.807, 2.05) is 27.7 Å². The molecule has 1 rings (SSSR count). The summed E-state index contributed by atoms with van der Waals surface area (Å²) >= 11 is 5.80. The fraction of sp³-hybridized carbons (Fsp3) is 0.643. The number of hydrogen-bond acceptors (Lipinski definition) is 3. The highest BCUT2D eigenvalue weighted by molar-refractivity contribution is 6.17. The van der Waals surface area contributed by atoms with Gasteiger partial charge < -0.3 is 5.32 Å². The van der Waals surface area contributed by atoms with Gasteiger partial charge in [-0.1, -0.05) is 13.8 Å². The zero-order chi connectivity index (χ0) is 14.5. The van der Waals surface area contributed by atoms with E-state index in [-0.39, 0.29) is 11.4 Å². The average molecular weight is 284 g/mol. The van der Waals surface area contributed by atoms with E-state index in [0.29, 0.717) is 17.9 Å². The molecule has 0 fully saturated rings. The molecule has 1 heterocycles. The van der Waals surface area contributed by atoms with Crippen LogP contribution in [0.3, 0.4) is 0 Å². The van der Waals surface area contributed by atoms with E-state index in [9.17, 15) is 4.79 Å². The number of carbonyl (C=O) groups excluding carboxylic acids is 1. The highest BCUT2D eigenvalue weighted by Gasteiger charge is 2.25. The van der Waals surface area contributed by atoms with Crippen LogP contribution in [0.15, 0.2) is 6.07 Å². The lowest BCUT2D eigenvalue weighted by Crippen LogP contribution is -2.46. The highest BCUT2D eigenvalue weighted by atomic mass is 35.5. The summed E-state index contributed by atoms with van der Waals surface area (Å²) in [5.41, 5.74) is 1.82. The molecule has 1 atom stereocenters. The smallest absolute Gasteiger partial charge is 0.253 e. The molecule has 0 aromatic carbocycles. The molecule has 0 aliphatic rings. The summed E-state index contributed by atoms with van der Waals surface area (Å²) < 4.78 is 0. The van der Waals surface area contributed by atoms with E-state index in [0.717, 1.165) is 24.2 Å². The summed E-state index contributed by atoms with van der Waals surface area (Å²) in [4.78, 5) is 12.4. The van der Waals surface area contributed by atoms with Gasteiger partial charge in [0.05, 0.1) is 17.0 Å². The Morgan fingerprint density at radius 2 is 2.11 bits per heavy atom. The number of nitrogens with one attached hydrogen (secondary N) is 1. The van der Waals surface area contributed by atoms with Gasteiger partial charge in [-0.05, 0) is 39.2 Å². The Bertz CT molecular complexity index is 450. The van der Waals surface area contributed by atoms with Crippen LogP contribution in [0.2, 0.25) is 0 Å². The molecule has 0 saturated carbocycles. The Labute approximate surface area is 120 Å². The number of carbonyl (C=O) groups is 1. The number of nitrogens with zero attached hydrogens (tertiary/aromatic N) is 2.